The fraction of sp³-hybridized carbons (Fsp3) is 0.115. The largest absolute Gasteiger partial charge is 0.246 e. The SMILES string of the molecule is Cc1cc(C)c(C(c2ccc(N(c3nc(-c4ccccc4)nc(-c4ccccc4)n3)c3nc(-c4ccccc4)nc(-c4ccccc4-c4ccccc4)n3)cc2)c2c(C)cc(C)cc2C)c(C)c1. The Bertz CT molecular complexity index is 3230. The summed E-state index contributed by atoms with van der Waals surface area (Å²) >= 11 is 0. The van der Waals surface area contributed by atoms with Gasteiger partial charge in [-0.2, -0.15) is 19.9 Å². The first-order valence-electron chi connectivity index (χ1n) is 23.1. The van der Waals surface area contributed by atoms with E-state index in [0.29, 0.717) is 35.2 Å². The predicted octanol–water partition coefficient (Wildman–Crippen LogP) is 14.9. The Morgan fingerprint density at radius 3 is 1.07 bits per heavy atom. The third-order valence-electron chi connectivity index (χ3n) is 12.5. The van der Waals surface area contributed by atoms with E-state index >= 15 is 0 Å². The van der Waals surface area contributed by atoms with Crippen molar-refractivity contribution in [2.45, 2.75) is 47.5 Å². The van der Waals surface area contributed by atoms with Gasteiger partial charge in [-0.25, -0.2) is 14.9 Å². The topological polar surface area (TPSA) is 80.6 Å². The molecular weight excluding hydrogens is 831 g/mol. The summed E-state index contributed by atoms with van der Waals surface area (Å²) in [4.78, 5) is 33.5. The molecule has 68 heavy (non-hydrogen) atoms. The van der Waals surface area contributed by atoms with Crippen LogP contribution in [0.4, 0.5) is 17.6 Å². The highest BCUT2D eigenvalue weighted by Gasteiger charge is 2.28. The van der Waals surface area contributed by atoms with Crippen LogP contribution in [0.25, 0.3) is 56.7 Å². The lowest BCUT2D eigenvalue weighted by molar-refractivity contribution is 0.917. The molecule has 0 amide bonds. The number of hydrogen-bond donors (Lipinski definition) is 0. The number of benzene rings is 8. The maximum atomic E-state index is 5.39. The minimum absolute atomic E-state index is 0.0202. The van der Waals surface area contributed by atoms with Crippen LogP contribution < -0.4 is 4.90 Å². The van der Waals surface area contributed by atoms with Gasteiger partial charge in [-0.05, 0) is 104 Å². The standard InChI is InChI=1S/C61H51N7/c1-39-35-41(3)53(42(4)36-39)55(54-43(5)37-40(2)38-44(54)6)46-31-33-50(34-32-46)68(60-64-56(47-23-13-8-14-24-47)62-57(65-60)48-25-15-9-16-26-48)61-66-58(49-27-17-10-18-28-49)63-59(67-61)52-30-20-19-29-51(52)45-21-11-7-12-22-45/h7-38,55H,1-6H3. The van der Waals surface area contributed by atoms with Crippen molar-refractivity contribution in [2.75, 3.05) is 4.90 Å². The predicted molar refractivity (Wildman–Crippen MR) is 277 cm³/mol. The van der Waals surface area contributed by atoms with E-state index in [1.807, 2.05) is 114 Å². The van der Waals surface area contributed by atoms with Crippen molar-refractivity contribution in [3.05, 3.63) is 244 Å². The van der Waals surface area contributed by atoms with E-state index in [-0.39, 0.29) is 5.92 Å². The molecule has 2 heterocycles. The van der Waals surface area contributed by atoms with Crippen LogP contribution >= 0.6 is 0 Å². The Labute approximate surface area is 399 Å². The van der Waals surface area contributed by atoms with E-state index in [0.717, 1.165) is 39.1 Å². The van der Waals surface area contributed by atoms with Crippen LogP contribution in [0.2, 0.25) is 0 Å². The number of rotatable bonds is 11. The quantitative estimate of drug-likeness (QED) is 0.120. The summed E-state index contributed by atoms with van der Waals surface area (Å²) in [6.45, 7) is 13.3. The molecule has 0 N–H and O–H groups in total. The van der Waals surface area contributed by atoms with Crippen molar-refractivity contribution in [3.63, 3.8) is 0 Å². The van der Waals surface area contributed by atoms with Crippen LogP contribution in [0.5, 0.6) is 0 Å². The molecule has 330 valence electrons. The molecule has 0 atom stereocenters. The molecule has 0 aliphatic rings. The lowest BCUT2D eigenvalue weighted by atomic mass is 9.77. The van der Waals surface area contributed by atoms with Gasteiger partial charge in [0.25, 0.3) is 0 Å². The van der Waals surface area contributed by atoms with E-state index in [1.54, 1.807) is 0 Å². The summed E-state index contributed by atoms with van der Waals surface area (Å²) < 4.78 is 0. The first-order chi connectivity index (χ1) is 33.2. The molecular formula is C61H51N7. The molecule has 0 saturated carbocycles. The second-order valence-corrected chi connectivity index (χ2v) is 17.6. The molecule has 0 fully saturated rings. The molecule has 0 saturated heterocycles. The Morgan fingerprint density at radius 2 is 0.662 bits per heavy atom. The summed E-state index contributed by atoms with van der Waals surface area (Å²) in [7, 11) is 0. The zero-order chi connectivity index (χ0) is 46.7. The van der Waals surface area contributed by atoms with Crippen molar-refractivity contribution in [2.24, 2.45) is 0 Å². The van der Waals surface area contributed by atoms with Gasteiger partial charge in [-0.1, -0.05) is 193 Å². The Morgan fingerprint density at radius 1 is 0.324 bits per heavy atom. The number of nitrogens with zero attached hydrogens (tertiary/aromatic N) is 7. The van der Waals surface area contributed by atoms with Crippen LogP contribution in [0.15, 0.2) is 194 Å². The molecule has 10 rings (SSSR count). The van der Waals surface area contributed by atoms with E-state index in [1.165, 1.54) is 50.1 Å². The van der Waals surface area contributed by atoms with Gasteiger partial charge in [0.2, 0.25) is 11.9 Å². The summed E-state index contributed by atoms with van der Waals surface area (Å²) in [6.07, 6.45) is 0. The van der Waals surface area contributed by atoms with Gasteiger partial charge in [0.15, 0.2) is 23.3 Å². The van der Waals surface area contributed by atoms with Crippen LogP contribution in [0.3, 0.4) is 0 Å². The third kappa shape index (κ3) is 8.82. The summed E-state index contributed by atoms with van der Waals surface area (Å²) in [6, 6.07) is 66.7. The molecule has 7 heteroatoms. The lowest BCUT2D eigenvalue weighted by Crippen LogP contribution is -2.19. The highest BCUT2D eigenvalue weighted by Crippen LogP contribution is 2.42. The number of anilines is 3. The van der Waals surface area contributed by atoms with E-state index < -0.39 is 0 Å². The monoisotopic (exact) mass is 881 g/mol. The molecule has 8 aromatic carbocycles. The van der Waals surface area contributed by atoms with Crippen LogP contribution in [0, 0.1) is 41.5 Å². The number of hydrogen-bond acceptors (Lipinski definition) is 7. The van der Waals surface area contributed by atoms with Gasteiger partial charge in [-0.15, -0.1) is 0 Å². The minimum Gasteiger partial charge on any atom is -0.246 e. The van der Waals surface area contributed by atoms with Crippen LogP contribution in [-0.4, -0.2) is 29.9 Å². The normalized spacial score (nSPS) is 11.2. The first kappa shape index (κ1) is 43.5. The zero-order valence-corrected chi connectivity index (χ0v) is 39.2. The fourth-order valence-electron chi connectivity index (χ4n) is 9.65. The first-order valence-corrected chi connectivity index (χ1v) is 23.1. The summed E-state index contributed by atoms with van der Waals surface area (Å²) in [5, 5.41) is 0. The van der Waals surface area contributed by atoms with Crippen molar-refractivity contribution in [1.29, 1.82) is 0 Å². The van der Waals surface area contributed by atoms with Gasteiger partial charge in [0.05, 0.1) is 5.69 Å². The maximum Gasteiger partial charge on any atom is 0.241 e. The molecule has 0 spiro atoms. The summed E-state index contributed by atoms with van der Waals surface area (Å²) in [5.74, 6) is 2.80. The molecule has 0 aliphatic heterocycles. The molecule has 7 nitrogen and oxygen atoms in total. The molecule has 0 radical (unpaired) electrons. The van der Waals surface area contributed by atoms with E-state index in [2.05, 4.69) is 126 Å². The average Bonchev–Trinajstić information content (AvgIpc) is 3.36. The molecule has 10 aromatic rings. The molecule has 0 unspecified atom stereocenters. The molecule has 2 aromatic heterocycles. The van der Waals surface area contributed by atoms with Crippen molar-refractivity contribution in [1.82, 2.24) is 29.9 Å². The van der Waals surface area contributed by atoms with E-state index in [4.69, 9.17) is 29.9 Å². The third-order valence-corrected chi connectivity index (χ3v) is 12.5. The van der Waals surface area contributed by atoms with Gasteiger partial charge >= 0.3 is 0 Å². The second-order valence-electron chi connectivity index (χ2n) is 17.6. The number of aromatic nitrogens is 6. The minimum atomic E-state index is -0.0202. The molecule has 0 aliphatic carbocycles. The highest BCUT2D eigenvalue weighted by molar-refractivity contribution is 5.82. The lowest BCUT2D eigenvalue weighted by Gasteiger charge is -2.28. The Balaban J connectivity index is 1.24. The van der Waals surface area contributed by atoms with Crippen LogP contribution in [-0.2, 0) is 0 Å². The zero-order valence-electron chi connectivity index (χ0n) is 39.2. The number of aryl methyl sites for hydroxylation is 6. The Hall–Kier alpha value is -8.42. The smallest absolute Gasteiger partial charge is 0.241 e. The van der Waals surface area contributed by atoms with Crippen molar-refractivity contribution < 1.29 is 0 Å². The van der Waals surface area contributed by atoms with Crippen LogP contribution in [0.1, 0.15) is 56.0 Å². The van der Waals surface area contributed by atoms with Crippen molar-refractivity contribution in [3.8, 4) is 56.7 Å². The van der Waals surface area contributed by atoms with Crippen molar-refractivity contribution >= 4 is 17.6 Å². The van der Waals surface area contributed by atoms with Gasteiger partial charge < -0.3 is 0 Å². The summed E-state index contributed by atoms with van der Waals surface area (Å²) in [5.41, 5.74) is 17.7. The highest BCUT2D eigenvalue weighted by atomic mass is 15.4. The Kier molecular flexibility index (Phi) is 12.0. The van der Waals surface area contributed by atoms with E-state index in [9.17, 15) is 0 Å². The van der Waals surface area contributed by atoms with Gasteiger partial charge in [0.1, 0.15) is 0 Å². The second kappa shape index (κ2) is 18.8. The van der Waals surface area contributed by atoms with Gasteiger partial charge in [0, 0.05) is 28.2 Å². The maximum absolute atomic E-state index is 5.39. The fourth-order valence-corrected chi connectivity index (χ4v) is 9.65. The van der Waals surface area contributed by atoms with Gasteiger partial charge in [-0.3, -0.25) is 0 Å². The molecule has 0 bridgehead atoms. The average molecular weight is 882 g/mol.